The molecule has 1 atom stereocenters. The number of hydrogen-bond acceptors (Lipinski definition) is 2. The smallest absolute Gasteiger partial charge is 0.129 e. The van der Waals surface area contributed by atoms with Gasteiger partial charge in [0.15, 0.2) is 0 Å². The highest BCUT2D eigenvalue weighted by Crippen LogP contribution is 2.25. The highest BCUT2D eigenvalue weighted by atomic mass is 19.1. The minimum absolute atomic E-state index is 0.287. The molecule has 108 valence electrons. The van der Waals surface area contributed by atoms with Crippen LogP contribution in [0.2, 0.25) is 0 Å². The zero-order valence-corrected chi connectivity index (χ0v) is 11.8. The Morgan fingerprint density at radius 3 is 2.40 bits per heavy atom. The standard InChI is InChI=1S/C16H20F2N2/c1-16(12-19,20-8-4-2-3-5-9-20)11-13-6-7-14(17)10-15(13)18/h6-7,10H,2-5,8-9,11H2,1H3. The predicted molar refractivity (Wildman–Crippen MR) is 74.1 cm³/mol. The number of rotatable bonds is 3. The molecule has 0 saturated carbocycles. The van der Waals surface area contributed by atoms with Crippen molar-refractivity contribution in [2.24, 2.45) is 0 Å². The van der Waals surface area contributed by atoms with Crippen LogP contribution < -0.4 is 0 Å². The fourth-order valence-corrected chi connectivity index (χ4v) is 2.82. The quantitative estimate of drug-likeness (QED) is 0.843. The molecule has 0 amide bonds. The van der Waals surface area contributed by atoms with Crippen LogP contribution in [0, 0.1) is 23.0 Å². The summed E-state index contributed by atoms with van der Waals surface area (Å²) in [5.41, 5.74) is -0.331. The van der Waals surface area contributed by atoms with Gasteiger partial charge in [-0.05, 0) is 44.5 Å². The van der Waals surface area contributed by atoms with E-state index in [-0.39, 0.29) is 6.42 Å². The molecule has 0 radical (unpaired) electrons. The molecule has 0 aliphatic carbocycles. The van der Waals surface area contributed by atoms with Crippen LogP contribution in [0.4, 0.5) is 8.78 Å². The average Bonchev–Trinajstić information content (AvgIpc) is 2.71. The molecule has 4 heteroatoms. The molecule has 1 aromatic carbocycles. The summed E-state index contributed by atoms with van der Waals surface area (Å²) < 4.78 is 26.8. The number of nitrogens with zero attached hydrogens (tertiary/aromatic N) is 2. The van der Waals surface area contributed by atoms with E-state index in [0.29, 0.717) is 5.56 Å². The summed E-state index contributed by atoms with van der Waals surface area (Å²) in [6.07, 6.45) is 4.80. The van der Waals surface area contributed by atoms with Crippen molar-refractivity contribution < 1.29 is 8.78 Å². The van der Waals surface area contributed by atoms with E-state index in [1.807, 2.05) is 6.92 Å². The summed E-state index contributed by atoms with van der Waals surface area (Å²) in [5, 5.41) is 9.55. The van der Waals surface area contributed by atoms with Crippen LogP contribution in [0.15, 0.2) is 18.2 Å². The normalized spacial score (nSPS) is 19.9. The van der Waals surface area contributed by atoms with E-state index >= 15 is 0 Å². The van der Waals surface area contributed by atoms with Gasteiger partial charge in [0.1, 0.15) is 17.2 Å². The SMILES string of the molecule is CC(C#N)(Cc1ccc(F)cc1F)N1CCCCCC1. The highest BCUT2D eigenvalue weighted by molar-refractivity contribution is 5.24. The first kappa shape index (κ1) is 14.9. The van der Waals surface area contributed by atoms with Crippen molar-refractivity contribution in [3.63, 3.8) is 0 Å². The van der Waals surface area contributed by atoms with Crippen LogP contribution in [0.5, 0.6) is 0 Å². The molecule has 1 unspecified atom stereocenters. The second-order valence-electron chi connectivity index (χ2n) is 5.70. The molecule has 1 aliphatic rings. The van der Waals surface area contributed by atoms with Crippen molar-refractivity contribution in [3.05, 3.63) is 35.4 Å². The second-order valence-corrected chi connectivity index (χ2v) is 5.70. The summed E-state index contributed by atoms with van der Waals surface area (Å²) in [4.78, 5) is 2.14. The fraction of sp³-hybridized carbons (Fsp3) is 0.562. The lowest BCUT2D eigenvalue weighted by Crippen LogP contribution is -2.47. The Hall–Kier alpha value is -1.47. The van der Waals surface area contributed by atoms with Crippen LogP contribution in [-0.4, -0.2) is 23.5 Å². The molecule has 20 heavy (non-hydrogen) atoms. The molecule has 0 spiro atoms. The van der Waals surface area contributed by atoms with Crippen LogP contribution in [-0.2, 0) is 6.42 Å². The van der Waals surface area contributed by atoms with E-state index < -0.39 is 17.2 Å². The number of hydrogen-bond donors (Lipinski definition) is 0. The molecular formula is C16H20F2N2. The van der Waals surface area contributed by atoms with Crippen LogP contribution in [0.1, 0.15) is 38.2 Å². The van der Waals surface area contributed by atoms with Crippen molar-refractivity contribution in [1.82, 2.24) is 4.90 Å². The average molecular weight is 278 g/mol. The lowest BCUT2D eigenvalue weighted by molar-refractivity contribution is 0.156. The molecule has 1 fully saturated rings. The Labute approximate surface area is 119 Å². The Morgan fingerprint density at radius 1 is 1.20 bits per heavy atom. The van der Waals surface area contributed by atoms with Crippen LogP contribution >= 0.6 is 0 Å². The van der Waals surface area contributed by atoms with E-state index in [1.54, 1.807) is 0 Å². The minimum atomic E-state index is -0.733. The van der Waals surface area contributed by atoms with Gasteiger partial charge >= 0.3 is 0 Å². The maximum Gasteiger partial charge on any atom is 0.129 e. The van der Waals surface area contributed by atoms with Gasteiger partial charge in [-0.1, -0.05) is 18.9 Å². The lowest BCUT2D eigenvalue weighted by atomic mass is 9.91. The second kappa shape index (κ2) is 6.32. The van der Waals surface area contributed by atoms with E-state index in [9.17, 15) is 14.0 Å². The lowest BCUT2D eigenvalue weighted by Gasteiger charge is -2.35. The van der Waals surface area contributed by atoms with Gasteiger partial charge in [-0.2, -0.15) is 5.26 Å². The zero-order valence-electron chi connectivity index (χ0n) is 11.8. The monoisotopic (exact) mass is 278 g/mol. The third-order valence-corrected chi connectivity index (χ3v) is 4.09. The van der Waals surface area contributed by atoms with Gasteiger partial charge in [0.2, 0.25) is 0 Å². The van der Waals surface area contributed by atoms with Gasteiger partial charge < -0.3 is 0 Å². The van der Waals surface area contributed by atoms with E-state index in [0.717, 1.165) is 32.0 Å². The molecule has 0 aromatic heterocycles. The maximum atomic E-state index is 13.8. The van der Waals surface area contributed by atoms with Gasteiger partial charge in [0, 0.05) is 12.5 Å². The molecule has 1 heterocycles. The van der Waals surface area contributed by atoms with Crippen molar-refractivity contribution in [3.8, 4) is 6.07 Å². The molecule has 0 bridgehead atoms. The third-order valence-electron chi connectivity index (χ3n) is 4.09. The fourth-order valence-electron chi connectivity index (χ4n) is 2.82. The number of nitriles is 1. The Bertz CT molecular complexity index is 502. The molecule has 2 rings (SSSR count). The van der Waals surface area contributed by atoms with Gasteiger partial charge in [-0.15, -0.1) is 0 Å². The summed E-state index contributed by atoms with van der Waals surface area (Å²) in [7, 11) is 0. The van der Waals surface area contributed by atoms with Gasteiger partial charge in [0.25, 0.3) is 0 Å². The summed E-state index contributed by atoms with van der Waals surface area (Å²) in [6.45, 7) is 3.58. The predicted octanol–water partition coefficient (Wildman–Crippen LogP) is 3.67. The van der Waals surface area contributed by atoms with Crippen LogP contribution in [0.3, 0.4) is 0 Å². The van der Waals surface area contributed by atoms with Gasteiger partial charge in [0.05, 0.1) is 6.07 Å². The van der Waals surface area contributed by atoms with E-state index in [4.69, 9.17) is 0 Å². The first-order valence-electron chi connectivity index (χ1n) is 7.15. The van der Waals surface area contributed by atoms with Gasteiger partial charge in [-0.25, -0.2) is 8.78 Å². The summed E-state index contributed by atoms with van der Waals surface area (Å²) in [6, 6.07) is 5.91. The Kier molecular flexibility index (Phi) is 4.72. The molecule has 1 saturated heterocycles. The molecular weight excluding hydrogens is 258 g/mol. The number of halogens is 2. The van der Waals surface area contributed by atoms with E-state index in [1.165, 1.54) is 25.0 Å². The highest BCUT2D eigenvalue weighted by Gasteiger charge is 2.33. The molecule has 1 aromatic rings. The largest absolute Gasteiger partial charge is 0.285 e. The van der Waals surface area contributed by atoms with Crippen LogP contribution in [0.25, 0.3) is 0 Å². The topological polar surface area (TPSA) is 27.0 Å². The summed E-state index contributed by atoms with van der Waals surface area (Å²) in [5.74, 6) is -1.15. The molecule has 1 aliphatic heterocycles. The Morgan fingerprint density at radius 2 is 1.85 bits per heavy atom. The van der Waals surface area contributed by atoms with E-state index in [2.05, 4.69) is 11.0 Å². The first-order valence-corrected chi connectivity index (χ1v) is 7.15. The first-order chi connectivity index (χ1) is 9.55. The maximum absolute atomic E-state index is 13.8. The number of likely N-dealkylation sites (tertiary alicyclic amines) is 1. The Balaban J connectivity index is 2.20. The third kappa shape index (κ3) is 3.34. The zero-order chi connectivity index (χ0) is 14.6. The minimum Gasteiger partial charge on any atom is -0.285 e. The van der Waals surface area contributed by atoms with Crippen molar-refractivity contribution in [2.75, 3.05) is 13.1 Å². The molecule has 0 N–H and O–H groups in total. The number of benzene rings is 1. The molecule has 2 nitrogen and oxygen atoms in total. The van der Waals surface area contributed by atoms with Crippen molar-refractivity contribution in [1.29, 1.82) is 5.26 Å². The van der Waals surface area contributed by atoms with Gasteiger partial charge in [-0.3, -0.25) is 4.90 Å². The summed E-state index contributed by atoms with van der Waals surface area (Å²) >= 11 is 0. The van der Waals surface area contributed by atoms with Crippen molar-refractivity contribution in [2.45, 2.75) is 44.6 Å². The van der Waals surface area contributed by atoms with Crippen molar-refractivity contribution >= 4 is 0 Å².